The first-order valence-electron chi connectivity index (χ1n) is 12.5. The van der Waals surface area contributed by atoms with Crippen LogP contribution >= 0.6 is 24.1 Å². The van der Waals surface area contributed by atoms with Gasteiger partial charge >= 0.3 is 0 Å². The number of nitrogens with zero attached hydrogens (tertiary/aromatic N) is 6. The lowest BCUT2D eigenvalue weighted by atomic mass is 10.1. The minimum atomic E-state index is 0.595. The van der Waals surface area contributed by atoms with Crippen LogP contribution < -0.4 is 0 Å². The molecule has 0 fully saturated rings. The van der Waals surface area contributed by atoms with E-state index in [1.54, 1.807) is 54.6 Å². The molecule has 0 atom stereocenters. The molecule has 5 aromatic rings. The maximum Gasteiger partial charge on any atom is 0.0937 e. The largest absolute Gasteiger partial charge is 0.220 e. The summed E-state index contributed by atoms with van der Waals surface area (Å²) in [6.07, 6.45) is 0. The van der Waals surface area contributed by atoms with Crippen LogP contribution in [0.25, 0.3) is 10.8 Å². The number of rotatable bonds is 12. The Hall–Kier alpha value is -4.38. The molecular formula is C29H22N6O6S2. The van der Waals surface area contributed by atoms with E-state index in [-0.39, 0.29) is 0 Å². The smallest absolute Gasteiger partial charge is 0.0937 e. The van der Waals surface area contributed by atoms with Gasteiger partial charge in [0.2, 0.25) is 0 Å². The third-order valence-electron chi connectivity index (χ3n) is 5.81. The number of fused-ring (bicyclic) bond motifs is 1. The average Bonchev–Trinajstić information content (AvgIpc) is 3.05. The van der Waals surface area contributed by atoms with Gasteiger partial charge in [0.1, 0.15) is 0 Å². The van der Waals surface area contributed by atoms with Crippen LogP contribution in [0.5, 0.6) is 0 Å². The standard InChI is InChI=1S/C29H22N6O6S2/c1-19-2-4-20(5-3-19)32-34-28-16-17-29(27-18-25(43-41-39-37)14-15-26(27)28)35-33-22-8-6-21(7-9-22)30-31-23-10-12-24(13-11-23)42-40-38-36/h2-18,36-37H,1H3. The van der Waals surface area contributed by atoms with Crippen LogP contribution in [0.15, 0.2) is 144 Å². The normalized spacial score (nSPS) is 11.9. The fourth-order valence-electron chi connectivity index (χ4n) is 3.74. The SMILES string of the molecule is Cc1ccc(N=Nc2ccc(N=Nc3ccc(N=Nc4ccc(SOOO)cc4)cc3)c3cc(SOOO)ccc23)cc1. The first-order chi connectivity index (χ1) is 21.1. The van der Waals surface area contributed by atoms with Crippen molar-refractivity contribution in [2.24, 2.45) is 30.7 Å². The first kappa shape index (κ1) is 30.1. The number of azo groups is 3. The second kappa shape index (κ2) is 15.2. The van der Waals surface area contributed by atoms with Crippen LogP contribution in [0, 0.1) is 6.92 Å². The molecule has 2 N–H and O–H groups in total. The van der Waals surface area contributed by atoms with Gasteiger partial charge in [0.05, 0.1) is 58.2 Å². The number of hydrogen-bond acceptors (Lipinski definition) is 14. The molecule has 5 rings (SSSR count). The Morgan fingerprint density at radius 1 is 0.465 bits per heavy atom. The molecule has 0 bridgehead atoms. The molecule has 5 aromatic carbocycles. The third kappa shape index (κ3) is 8.57. The van der Waals surface area contributed by atoms with E-state index in [1.165, 1.54) is 0 Å². The lowest BCUT2D eigenvalue weighted by Gasteiger charge is -2.07. The summed E-state index contributed by atoms with van der Waals surface area (Å²) in [5, 5.41) is 51.8. The highest BCUT2D eigenvalue weighted by Gasteiger charge is 2.09. The van der Waals surface area contributed by atoms with Gasteiger partial charge in [0.15, 0.2) is 0 Å². The van der Waals surface area contributed by atoms with Gasteiger partial charge in [-0.15, -0.1) is 18.9 Å². The van der Waals surface area contributed by atoms with Gasteiger partial charge in [-0.2, -0.15) is 20.5 Å². The summed E-state index contributed by atoms with van der Waals surface area (Å²) < 4.78 is 9.00. The maximum atomic E-state index is 8.56. The third-order valence-corrected chi connectivity index (χ3v) is 6.98. The molecular weight excluding hydrogens is 592 g/mol. The highest BCUT2D eigenvalue weighted by atomic mass is 32.2. The molecule has 0 aliphatic carbocycles. The summed E-state index contributed by atoms with van der Waals surface area (Å²) in [6.45, 7) is 2.01. The van der Waals surface area contributed by atoms with Gasteiger partial charge in [-0.1, -0.05) is 33.8 Å². The molecule has 12 nitrogen and oxygen atoms in total. The average molecular weight is 615 g/mol. The number of hydrogen-bond donors (Lipinski definition) is 2. The van der Waals surface area contributed by atoms with Gasteiger partial charge in [-0.05, 0) is 91.9 Å². The van der Waals surface area contributed by atoms with Crippen LogP contribution in [-0.4, -0.2) is 10.5 Å². The summed E-state index contributed by atoms with van der Waals surface area (Å²) in [7, 11) is 0. The highest BCUT2D eigenvalue weighted by molar-refractivity contribution is 7.94. The highest BCUT2D eigenvalue weighted by Crippen LogP contribution is 2.38. The van der Waals surface area contributed by atoms with Crippen LogP contribution in [-0.2, 0) is 18.7 Å². The Labute approximate surface area is 253 Å². The zero-order valence-corrected chi connectivity index (χ0v) is 24.0. The summed E-state index contributed by atoms with van der Waals surface area (Å²) in [4.78, 5) is 1.39. The molecule has 216 valence electrons. The molecule has 0 heterocycles. The predicted octanol–water partition coefficient (Wildman–Crippen LogP) is 11.3. The van der Waals surface area contributed by atoms with Gasteiger partial charge in [0.25, 0.3) is 0 Å². The topological polar surface area (TPSA) is 152 Å². The van der Waals surface area contributed by atoms with Crippen molar-refractivity contribution in [3.63, 3.8) is 0 Å². The van der Waals surface area contributed by atoms with Crippen molar-refractivity contribution in [3.05, 3.63) is 109 Å². The number of benzene rings is 5. The first-order valence-corrected chi connectivity index (χ1v) is 14.0. The Morgan fingerprint density at radius 2 is 0.884 bits per heavy atom. The molecule has 0 aliphatic heterocycles. The van der Waals surface area contributed by atoms with E-state index >= 15 is 0 Å². The van der Waals surface area contributed by atoms with E-state index in [1.807, 2.05) is 55.5 Å². The minimum absolute atomic E-state index is 0.595. The van der Waals surface area contributed by atoms with Crippen LogP contribution in [0.1, 0.15) is 5.56 Å². The van der Waals surface area contributed by atoms with E-state index in [9.17, 15) is 0 Å². The van der Waals surface area contributed by atoms with E-state index < -0.39 is 0 Å². The fraction of sp³-hybridized carbons (Fsp3) is 0.0345. The van der Waals surface area contributed by atoms with Crippen molar-refractivity contribution in [3.8, 4) is 0 Å². The summed E-state index contributed by atoms with van der Waals surface area (Å²) in [5.74, 6) is 0. The quantitative estimate of drug-likeness (QED) is 0.0609. The molecule has 0 saturated heterocycles. The molecule has 0 aromatic heterocycles. The van der Waals surface area contributed by atoms with Crippen molar-refractivity contribution in [1.82, 2.24) is 0 Å². The monoisotopic (exact) mass is 614 g/mol. The van der Waals surface area contributed by atoms with E-state index in [0.29, 0.717) is 33.3 Å². The second-order valence-corrected chi connectivity index (χ2v) is 10.3. The fourth-order valence-corrected chi connectivity index (χ4v) is 4.49. The molecule has 0 radical (unpaired) electrons. The van der Waals surface area contributed by atoms with Crippen LogP contribution in [0.3, 0.4) is 0 Å². The molecule has 0 aliphatic rings. The molecule has 14 heteroatoms. The number of aryl methyl sites for hydroxylation is 1. The second-order valence-electron chi connectivity index (χ2n) is 8.71. The Bertz CT molecular complexity index is 1750. The van der Waals surface area contributed by atoms with Gasteiger partial charge in [0, 0.05) is 20.6 Å². The molecule has 0 amide bonds. The van der Waals surface area contributed by atoms with Gasteiger partial charge in [-0.25, -0.2) is 10.5 Å². The van der Waals surface area contributed by atoms with E-state index in [2.05, 4.69) is 49.4 Å². The lowest BCUT2D eigenvalue weighted by Crippen LogP contribution is -1.81. The molecule has 0 saturated carbocycles. The Balaban J connectivity index is 1.34. The van der Waals surface area contributed by atoms with E-state index in [4.69, 9.17) is 10.5 Å². The Kier molecular flexibility index (Phi) is 10.6. The summed E-state index contributed by atoms with van der Waals surface area (Å²) in [6, 6.07) is 31.0. The maximum absolute atomic E-state index is 8.56. The Morgan fingerprint density at radius 3 is 1.42 bits per heavy atom. The van der Waals surface area contributed by atoms with Crippen molar-refractivity contribution in [2.45, 2.75) is 16.7 Å². The molecule has 43 heavy (non-hydrogen) atoms. The molecule has 0 spiro atoms. The van der Waals surface area contributed by atoms with Crippen LogP contribution in [0.2, 0.25) is 0 Å². The van der Waals surface area contributed by atoms with Crippen LogP contribution in [0.4, 0.5) is 34.1 Å². The summed E-state index contributed by atoms with van der Waals surface area (Å²) in [5.41, 5.74) is 5.02. The zero-order chi connectivity index (χ0) is 29.9. The van der Waals surface area contributed by atoms with Crippen molar-refractivity contribution < 1.29 is 29.3 Å². The van der Waals surface area contributed by atoms with Gasteiger partial charge < -0.3 is 0 Å². The summed E-state index contributed by atoms with van der Waals surface area (Å²) >= 11 is 1.71. The van der Waals surface area contributed by atoms with E-state index in [0.717, 1.165) is 51.0 Å². The van der Waals surface area contributed by atoms with Crippen molar-refractivity contribution in [2.75, 3.05) is 0 Å². The predicted molar refractivity (Wildman–Crippen MR) is 162 cm³/mol. The minimum Gasteiger partial charge on any atom is -0.220 e. The molecule has 0 unspecified atom stereocenters. The lowest BCUT2D eigenvalue weighted by molar-refractivity contribution is -0.432. The zero-order valence-electron chi connectivity index (χ0n) is 22.3. The van der Waals surface area contributed by atoms with Gasteiger partial charge in [-0.3, -0.25) is 0 Å². The van der Waals surface area contributed by atoms with Crippen molar-refractivity contribution in [1.29, 1.82) is 0 Å². The van der Waals surface area contributed by atoms with Crippen molar-refractivity contribution >= 4 is 69.0 Å².